The summed E-state index contributed by atoms with van der Waals surface area (Å²) < 4.78 is 11.1. The van der Waals surface area contributed by atoms with Crippen LogP contribution in [0.2, 0.25) is 0 Å². The van der Waals surface area contributed by atoms with Gasteiger partial charge < -0.3 is 15.2 Å². The van der Waals surface area contributed by atoms with Crippen LogP contribution in [0.3, 0.4) is 0 Å². The SMILES string of the molecule is COc1ccc(CCC(N)C2(C)CCCCO2)cc1. The lowest BCUT2D eigenvalue weighted by atomic mass is 9.85. The van der Waals surface area contributed by atoms with Crippen LogP contribution in [0.5, 0.6) is 5.75 Å². The smallest absolute Gasteiger partial charge is 0.118 e. The average molecular weight is 263 g/mol. The molecule has 2 N–H and O–H groups in total. The van der Waals surface area contributed by atoms with Crippen molar-refractivity contribution in [2.24, 2.45) is 5.73 Å². The minimum absolute atomic E-state index is 0.106. The minimum atomic E-state index is -0.134. The molecule has 1 heterocycles. The van der Waals surface area contributed by atoms with Gasteiger partial charge in [-0.05, 0) is 56.7 Å². The second-order valence-corrected chi connectivity index (χ2v) is 5.61. The Morgan fingerprint density at radius 3 is 2.63 bits per heavy atom. The number of aryl methyl sites for hydroxylation is 1. The summed E-state index contributed by atoms with van der Waals surface area (Å²) in [6.07, 6.45) is 5.43. The Kier molecular flexibility index (Phi) is 4.83. The Bertz CT molecular complexity index is 382. The number of nitrogens with two attached hydrogens (primary N) is 1. The molecule has 1 aliphatic heterocycles. The third kappa shape index (κ3) is 3.71. The monoisotopic (exact) mass is 263 g/mol. The number of ether oxygens (including phenoxy) is 2. The highest BCUT2D eigenvalue weighted by molar-refractivity contribution is 5.27. The zero-order valence-corrected chi connectivity index (χ0v) is 12.0. The van der Waals surface area contributed by atoms with Gasteiger partial charge in [0.15, 0.2) is 0 Å². The number of rotatable bonds is 5. The zero-order chi connectivity index (χ0) is 13.7. The molecule has 19 heavy (non-hydrogen) atoms. The van der Waals surface area contributed by atoms with Crippen molar-refractivity contribution in [3.05, 3.63) is 29.8 Å². The van der Waals surface area contributed by atoms with E-state index >= 15 is 0 Å². The number of hydrogen-bond donors (Lipinski definition) is 1. The van der Waals surface area contributed by atoms with Crippen molar-refractivity contribution in [2.45, 2.75) is 50.7 Å². The predicted molar refractivity (Wildman–Crippen MR) is 77.5 cm³/mol. The molecule has 3 nitrogen and oxygen atoms in total. The number of benzene rings is 1. The van der Waals surface area contributed by atoms with Gasteiger partial charge in [-0.25, -0.2) is 0 Å². The number of methoxy groups -OCH3 is 1. The lowest BCUT2D eigenvalue weighted by Crippen LogP contribution is -2.49. The van der Waals surface area contributed by atoms with E-state index in [0.717, 1.165) is 31.6 Å². The van der Waals surface area contributed by atoms with Crippen LogP contribution in [-0.4, -0.2) is 25.4 Å². The van der Waals surface area contributed by atoms with Gasteiger partial charge in [0.25, 0.3) is 0 Å². The molecular formula is C16H25NO2. The highest BCUT2D eigenvalue weighted by Gasteiger charge is 2.33. The van der Waals surface area contributed by atoms with Gasteiger partial charge >= 0.3 is 0 Å². The fourth-order valence-corrected chi connectivity index (χ4v) is 2.67. The molecule has 2 unspecified atom stereocenters. The van der Waals surface area contributed by atoms with Crippen LogP contribution in [0.25, 0.3) is 0 Å². The first kappa shape index (κ1) is 14.4. The van der Waals surface area contributed by atoms with Gasteiger partial charge in [0.1, 0.15) is 5.75 Å². The van der Waals surface area contributed by atoms with Crippen LogP contribution in [-0.2, 0) is 11.2 Å². The van der Waals surface area contributed by atoms with Crippen LogP contribution in [0.4, 0.5) is 0 Å². The summed E-state index contributed by atoms with van der Waals surface area (Å²) in [6.45, 7) is 3.01. The molecule has 0 aliphatic carbocycles. The second-order valence-electron chi connectivity index (χ2n) is 5.61. The van der Waals surface area contributed by atoms with Crippen LogP contribution in [0.15, 0.2) is 24.3 Å². The third-order valence-electron chi connectivity index (χ3n) is 4.19. The Balaban J connectivity index is 1.86. The highest BCUT2D eigenvalue weighted by Crippen LogP contribution is 2.29. The van der Waals surface area contributed by atoms with Crippen molar-refractivity contribution in [1.82, 2.24) is 0 Å². The second kappa shape index (κ2) is 6.40. The summed E-state index contributed by atoms with van der Waals surface area (Å²) in [6, 6.07) is 8.32. The van der Waals surface area contributed by atoms with Crippen molar-refractivity contribution >= 4 is 0 Å². The van der Waals surface area contributed by atoms with Gasteiger partial charge in [-0.2, -0.15) is 0 Å². The standard InChI is InChI=1S/C16H25NO2/c1-16(11-3-4-12-19-16)15(17)10-7-13-5-8-14(18-2)9-6-13/h5-6,8-9,15H,3-4,7,10-12,17H2,1-2H3. The molecule has 0 amide bonds. The van der Waals surface area contributed by atoms with Crippen LogP contribution >= 0.6 is 0 Å². The van der Waals surface area contributed by atoms with Crippen LogP contribution in [0.1, 0.15) is 38.2 Å². The molecule has 0 spiro atoms. The zero-order valence-electron chi connectivity index (χ0n) is 12.0. The van der Waals surface area contributed by atoms with Gasteiger partial charge in [-0.15, -0.1) is 0 Å². The summed E-state index contributed by atoms with van der Waals surface area (Å²) in [4.78, 5) is 0. The topological polar surface area (TPSA) is 44.5 Å². The Morgan fingerprint density at radius 1 is 1.32 bits per heavy atom. The summed E-state index contributed by atoms with van der Waals surface area (Å²) >= 11 is 0. The molecule has 0 radical (unpaired) electrons. The Morgan fingerprint density at radius 2 is 2.05 bits per heavy atom. The third-order valence-corrected chi connectivity index (χ3v) is 4.19. The summed E-state index contributed by atoms with van der Waals surface area (Å²) in [5.74, 6) is 0.899. The molecule has 1 saturated heterocycles. The van der Waals surface area contributed by atoms with E-state index in [1.54, 1.807) is 7.11 Å². The fraction of sp³-hybridized carbons (Fsp3) is 0.625. The minimum Gasteiger partial charge on any atom is -0.497 e. The molecule has 0 saturated carbocycles. The van der Waals surface area contributed by atoms with Gasteiger partial charge in [-0.3, -0.25) is 0 Å². The lowest BCUT2D eigenvalue weighted by molar-refractivity contribution is -0.0822. The average Bonchev–Trinajstić information content (AvgIpc) is 2.46. The summed E-state index contributed by atoms with van der Waals surface area (Å²) in [5.41, 5.74) is 7.50. The van der Waals surface area contributed by atoms with E-state index in [0.29, 0.717) is 0 Å². The van der Waals surface area contributed by atoms with Crippen LogP contribution in [0, 0.1) is 0 Å². The van der Waals surface area contributed by atoms with Crippen molar-refractivity contribution in [3.63, 3.8) is 0 Å². The largest absolute Gasteiger partial charge is 0.497 e. The first-order chi connectivity index (χ1) is 9.14. The Hall–Kier alpha value is -1.06. The van der Waals surface area contributed by atoms with E-state index in [9.17, 15) is 0 Å². The maximum Gasteiger partial charge on any atom is 0.118 e. The lowest BCUT2D eigenvalue weighted by Gasteiger charge is -2.38. The molecule has 2 rings (SSSR count). The first-order valence-electron chi connectivity index (χ1n) is 7.16. The van der Waals surface area contributed by atoms with E-state index < -0.39 is 0 Å². The fourth-order valence-electron chi connectivity index (χ4n) is 2.67. The first-order valence-corrected chi connectivity index (χ1v) is 7.16. The molecule has 2 atom stereocenters. The number of hydrogen-bond acceptors (Lipinski definition) is 3. The van der Waals surface area contributed by atoms with E-state index in [2.05, 4.69) is 19.1 Å². The van der Waals surface area contributed by atoms with Crippen molar-refractivity contribution in [3.8, 4) is 5.75 Å². The van der Waals surface area contributed by atoms with Crippen molar-refractivity contribution in [2.75, 3.05) is 13.7 Å². The predicted octanol–water partition coefficient (Wildman–Crippen LogP) is 2.91. The molecule has 1 aliphatic rings. The molecule has 0 aromatic heterocycles. The molecule has 0 bridgehead atoms. The van der Waals surface area contributed by atoms with Gasteiger partial charge in [0, 0.05) is 12.6 Å². The normalized spacial score (nSPS) is 25.0. The molecule has 3 heteroatoms. The van der Waals surface area contributed by atoms with E-state index in [4.69, 9.17) is 15.2 Å². The van der Waals surface area contributed by atoms with Crippen LogP contribution < -0.4 is 10.5 Å². The van der Waals surface area contributed by atoms with E-state index in [1.165, 1.54) is 18.4 Å². The van der Waals surface area contributed by atoms with Gasteiger partial charge in [0.05, 0.1) is 12.7 Å². The summed E-state index contributed by atoms with van der Waals surface area (Å²) in [7, 11) is 1.69. The van der Waals surface area contributed by atoms with Crippen molar-refractivity contribution in [1.29, 1.82) is 0 Å². The maximum atomic E-state index is 6.34. The van der Waals surface area contributed by atoms with Gasteiger partial charge in [0.2, 0.25) is 0 Å². The maximum absolute atomic E-state index is 6.34. The Labute approximate surface area is 116 Å². The van der Waals surface area contributed by atoms with Crippen molar-refractivity contribution < 1.29 is 9.47 Å². The summed E-state index contributed by atoms with van der Waals surface area (Å²) in [5, 5.41) is 0. The molecular weight excluding hydrogens is 238 g/mol. The van der Waals surface area contributed by atoms with E-state index in [-0.39, 0.29) is 11.6 Å². The highest BCUT2D eigenvalue weighted by atomic mass is 16.5. The quantitative estimate of drug-likeness (QED) is 0.888. The molecule has 1 aromatic carbocycles. The molecule has 1 fully saturated rings. The van der Waals surface area contributed by atoms with E-state index in [1.807, 2.05) is 12.1 Å². The molecule has 106 valence electrons. The van der Waals surface area contributed by atoms with Gasteiger partial charge in [-0.1, -0.05) is 12.1 Å². The molecule has 1 aromatic rings.